The van der Waals surface area contributed by atoms with Crippen molar-refractivity contribution in [1.82, 2.24) is 10.2 Å². The molecular formula is C15H15FN2O4. The molecule has 3 rings (SSSR count). The zero-order valence-corrected chi connectivity index (χ0v) is 11.7. The van der Waals surface area contributed by atoms with Gasteiger partial charge in [0.15, 0.2) is 11.6 Å². The van der Waals surface area contributed by atoms with Gasteiger partial charge < -0.3 is 14.6 Å². The first-order valence-corrected chi connectivity index (χ1v) is 6.96. The molecule has 6 nitrogen and oxygen atoms in total. The van der Waals surface area contributed by atoms with Gasteiger partial charge in [-0.3, -0.25) is 5.10 Å². The highest BCUT2D eigenvalue weighted by atomic mass is 19.1. The molecule has 2 N–H and O–H groups in total. The second-order valence-electron chi connectivity index (χ2n) is 5.05. The molecule has 0 saturated carbocycles. The molecule has 0 aliphatic carbocycles. The van der Waals surface area contributed by atoms with E-state index in [-0.39, 0.29) is 17.5 Å². The molecule has 1 aliphatic rings. The Kier molecular flexibility index (Phi) is 4.06. The molecule has 1 aromatic heterocycles. The van der Waals surface area contributed by atoms with Crippen molar-refractivity contribution < 1.29 is 23.8 Å². The number of hydrogen-bond acceptors (Lipinski definition) is 4. The number of ether oxygens (including phenoxy) is 2. The smallest absolute Gasteiger partial charge is 0.353 e. The van der Waals surface area contributed by atoms with Crippen LogP contribution in [0.5, 0.6) is 5.75 Å². The number of H-pyrrole nitrogens is 1. The number of rotatable bonds is 4. The summed E-state index contributed by atoms with van der Waals surface area (Å²) in [5, 5.41) is 15.1. The molecule has 1 saturated heterocycles. The van der Waals surface area contributed by atoms with Crippen molar-refractivity contribution in [2.75, 3.05) is 13.2 Å². The molecule has 7 heteroatoms. The Bertz CT molecular complexity index is 680. The van der Waals surface area contributed by atoms with Crippen molar-refractivity contribution in [2.24, 2.45) is 0 Å². The summed E-state index contributed by atoms with van der Waals surface area (Å²) >= 11 is 0. The summed E-state index contributed by atoms with van der Waals surface area (Å²) in [6, 6.07) is 5.83. The SMILES string of the molecule is O=C(O)c1cc(-c2ccc(OC3CCOCC3)c(F)c2)n[nH]1. The lowest BCUT2D eigenvalue weighted by atomic mass is 10.1. The number of nitrogens with zero attached hydrogens (tertiary/aromatic N) is 1. The summed E-state index contributed by atoms with van der Waals surface area (Å²) in [5.74, 6) is -1.42. The van der Waals surface area contributed by atoms with Crippen LogP contribution in [0.1, 0.15) is 23.3 Å². The molecule has 1 aromatic carbocycles. The summed E-state index contributed by atoms with van der Waals surface area (Å²) in [4.78, 5) is 10.8. The van der Waals surface area contributed by atoms with Crippen LogP contribution in [0.25, 0.3) is 11.3 Å². The van der Waals surface area contributed by atoms with Crippen molar-refractivity contribution in [3.8, 4) is 17.0 Å². The number of carboxylic acids is 1. The molecule has 0 atom stereocenters. The van der Waals surface area contributed by atoms with E-state index in [4.69, 9.17) is 14.6 Å². The minimum Gasteiger partial charge on any atom is -0.487 e. The lowest BCUT2D eigenvalue weighted by Gasteiger charge is -2.23. The molecule has 116 valence electrons. The van der Waals surface area contributed by atoms with E-state index in [0.717, 1.165) is 12.8 Å². The van der Waals surface area contributed by atoms with Crippen LogP contribution in [0.15, 0.2) is 24.3 Å². The predicted octanol–water partition coefficient (Wildman–Crippen LogP) is 2.47. The normalized spacial score (nSPS) is 15.7. The first-order valence-electron chi connectivity index (χ1n) is 6.96. The van der Waals surface area contributed by atoms with Crippen molar-refractivity contribution in [2.45, 2.75) is 18.9 Å². The second-order valence-corrected chi connectivity index (χ2v) is 5.05. The van der Waals surface area contributed by atoms with Crippen LogP contribution < -0.4 is 4.74 Å². The quantitative estimate of drug-likeness (QED) is 0.906. The number of aromatic amines is 1. The molecule has 0 radical (unpaired) electrons. The maximum absolute atomic E-state index is 14.1. The van der Waals surface area contributed by atoms with E-state index >= 15 is 0 Å². The van der Waals surface area contributed by atoms with Gasteiger partial charge in [0.05, 0.1) is 18.9 Å². The largest absolute Gasteiger partial charge is 0.487 e. The fourth-order valence-corrected chi connectivity index (χ4v) is 2.31. The highest BCUT2D eigenvalue weighted by molar-refractivity contribution is 5.86. The van der Waals surface area contributed by atoms with E-state index in [9.17, 15) is 9.18 Å². The lowest BCUT2D eigenvalue weighted by molar-refractivity contribution is 0.0240. The number of halogens is 1. The molecule has 22 heavy (non-hydrogen) atoms. The summed E-state index contributed by atoms with van der Waals surface area (Å²) in [6.07, 6.45) is 1.43. The first kappa shape index (κ1) is 14.5. The zero-order valence-electron chi connectivity index (χ0n) is 11.7. The second kappa shape index (κ2) is 6.15. The number of aromatic nitrogens is 2. The minimum absolute atomic E-state index is 0.0434. The van der Waals surface area contributed by atoms with E-state index in [1.807, 2.05) is 0 Å². The topological polar surface area (TPSA) is 84.4 Å². The summed E-state index contributed by atoms with van der Waals surface area (Å²) < 4.78 is 25.0. The van der Waals surface area contributed by atoms with Crippen molar-refractivity contribution in [3.05, 3.63) is 35.8 Å². The summed E-state index contributed by atoms with van der Waals surface area (Å²) in [6.45, 7) is 1.24. The fraction of sp³-hybridized carbons (Fsp3) is 0.333. The number of hydrogen-bond donors (Lipinski definition) is 2. The minimum atomic E-state index is -1.11. The van der Waals surface area contributed by atoms with E-state index in [1.54, 1.807) is 6.07 Å². The number of carboxylic acid groups (broad SMARTS) is 1. The molecule has 0 spiro atoms. The van der Waals surface area contributed by atoms with Crippen LogP contribution in [0, 0.1) is 5.82 Å². The Morgan fingerprint density at radius 1 is 1.36 bits per heavy atom. The molecule has 1 aliphatic heterocycles. The van der Waals surface area contributed by atoms with Gasteiger partial charge in [0.1, 0.15) is 11.8 Å². The molecule has 0 unspecified atom stereocenters. The van der Waals surface area contributed by atoms with Crippen LogP contribution in [0.4, 0.5) is 4.39 Å². The summed E-state index contributed by atoms with van der Waals surface area (Å²) in [7, 11) is 0. The van der Waals surface area contributed by atoms with Gasteiger partial charge in [0.25, 0.3) is 0 Å². The molecule has 2 aromatic rings. The van der Waals surface area contributed by atoms with Gasteiger partial charge in [-0.25, -0.2) is 9.18 Å². The van der Waals surface area contributed by atoms with Crippen LogP contribution in [0.2, 0.25) is 0 Å². The van der Waals surface area contributed by atoms with Gasteiger partial charge in [-0.15, -0.1) is 0 Å². The Hall–Kier alpha value is -2.41. The monoisotopic (exact) mass is 306 g/mol. The average molecular weight is 306 g/mol. The third kappa shape index (κ3) is 3.09. The van der Waals surface area contributed by atoms with Crippen molar-refractivity contribution in [3.63, 3.8) is 0 Å². The van der Waals surface area contributed by atoms with E-state index in [2.05, 4.69) is 10.2 Å². The van der Waals surface area contributed by atoms with E-state index in [0.29, 0.717) is 24.5 Å². The van der Waals surface area contributed by atoms with Crippen molar-refractivity contribution in [1.29, 1.82) is 0 Å². The molecule has 2 heterocycles. The van der Waals surface area contributed by atoms with E-state index in [1.165, 1.54) is 18.2 Å². The molecular weight excluding hydrogens is 291 g/mol. The lowest BCUT2D eigenvalue weighted by Crippen LogP contribution is -2.26. The van der Waals surface area contributed by atoms with Gasteiger partial charge in [-0.2, -0.15) is 5.10 Å². The van der Waals surface area contributed by atoms with Crippen molar-refractivity contribution >= 4 is 5.97 Å². The highest BCUT2D eigenvalue weighted by Crippen LogP contribution is 2.27. The Balaban J connectivity index is 1.77. The molecule has 0 bridgehead atoms. The van der Waals surface area contributed by atoms with Gasteiger partial charge >= 0.3 is 5.97 Å². The molecule has 1 fully saturated rings. The Labute approximate surface area is 125 Å². The zero-order chi connectivity index (χ0) is 15.5. The van der Waals surface area contributed by atoms with Crippen LogP contribution >= 0.6 is 0 Å². The maximum atomic E-state index is 14.1. The fourth-order valence-electron chi connectivity index (χ4n) is 2.31. The van der Waals surface area contributed by atoms with Gasteiger partial charge in [0, 0.05) is 18.4 Å². The number of aromatic carboxylic acids is 1. The van der Waals surface area contributed by atoms with Crippen LogP contribution in [0.3, 0.4) is 0 Å². The van der Waals surface area contributed by atoms with Crippen LogP contribution in [-0.4, -0.2) is 40.6 Å². The highest BCUT2D eigenvalue weighted by Gasteiger charge is 2.18. The number of nitrogens with one attached hydrogen (secondary N) is 1. The third-order valence-corrected chi connectivity index (χ3v) is 3.50. The predicted molar refractivity (Wildman–Crippen MR) is 75.4 cm³/mol. The van der Waals surface area contributed by atoms with E-state index < -0.39 is 11.8 Å². The first-order chi connectivity index (χ1) is 10.6. The van der Waals surface area contributed by atoms with Gasteiger partial charge in [-0.05, 0) is 24.3 Å². The average Bonchev–Trinajstić information content (AvgIpc) is 3.00. The maximum Gasteiger partial charge on any atom is 0.353 e. The number of carbonyl (C=O) groups is 1. The van der Waals surface area contributed by atoms with Gasteiger partial charge in [-0.1, -0.05) is 0 Å². The summed E-state index contributed by atoms with van der Waals surface area (Å²) in [5.41, 5.74) is 0.812. The number of benzene rings is 1. The van der Waals surface area contributed by atoms with Gasteiger partial charge in [0.2, 0.25) is 0 Å². The Morgan fingerprint density at radius 2 is 2.14 bits per heavy atom. The third-order valence-electron chi connectivity index (χ3n) is 3.50. The Morgan fingerprint density at radius 3 is 2.77 bits per heavy atom. The molecule has 0 amide bonds. The standard InChI is InChI=1S/C15H15FN2O4/c16-11-7-9(12-8-13(15(19)20)18-17-12)1-2-14(11)22-10-3-5-21-6-4-10/h1-2,7-8,10H,3-6H2,(H,17,18)(H,19,20). The van der Waals surface area contributed by atoms with Crippen LogP contribution in [-0.2, 0) is 4.74 Å².